The van der Waals surface area contributed by atoms with Crippen molar-refractivity contribution in [2.45, 2.75) is 39.0 Å². The van der Waals surface area contributed by atoms with Gasteiger partial charge in [0.2, 0.25) is 0 Å². The van der Waals surface area contributed by atoms with Crippen molar-refractivity contribution in [3.8, 4) is 0 Å². The summed E-state index contributed by atoms with van der Waals surface area (Å²) in [4.78, 5) is 27.6. The largest absolute Gasteiger partial charge is 0.550 e. The molecule has 5 nitrogen and oxygen atoms in total. The summed E-state index contributed by atoms with van der Waals surface area (Å²) in [6, 6.07) is 0. The summed E-state index contributed by atoms with van der Waals surface area (Å²) >= 11 is 2.50. The van der Waals surface area contributed by atoms with E-state index in [9.17, 15) is 4.79 Å². The standard InChI is InChI=1S/C3H5O.C2H9B3.2C2H4O2.Rh/c1-3(2)4;1-2-4-5-3;2*1-2(3)4;/h1H2,2H3;4-5H,2-3H2,1H3;2*1H3,(H,3,4);/q;;;;+2/p-2. The molecule has 0 atom stereocenters. The Morgan fingerprint density at radius 3 is 1.33 bits per heavy atom. The Labute approximate surface area is 122 Å². The summed E-state index contributed by atoms with van der Waals surface area (Å²) in [6.07, 6.45) is 1.34. The second-order valence-electron chi connectivity index (χ2n) is 3.16. The molecule has 0 aromatic carbocycles. The van der Waals surface area contributed by atoms with Crippen LogP contribution in [0, 0.1) is 0 Å². The van der Waals surface area contributed by atoms with Gasteiger partial charge in [-0.15, -0.1) is 0 Å². The Bertz CT molecular complexity index is 192. The number of ketones is 1. The predicted octanol–water partition coefficient (Wildman–Crippen LogP) is -3.19. The molecule has 0 aliphatic heterocycles. The quantitative estimate of drug-likeness (QED) is 0.503. The van der Waals surface area contributed by atoms with E-state index in [2.05, 4.69) is 33.0 Å². The van der Waals surface area contributed by atoms with E-state index in [-0.39, 0.29) is 5.78 Å². The first kappa shape index (κ1) is 26.1. The van der Waals surface area contributed by atoms with Crippen molar-refractivity contribution >= 4 is 39.7 Å². The molecule has 104 valence electrons. The van der Waals surface area contributed by atoms with Crippen LogP contribution in [-0.4, -0.2) is 39.7 Å². The van der Waals surface area contributed by atoms with Gasteiger partial charge in [0.15, 0.2) is 0 Å². The molecule has 0 unspecified atom stereocenters. The number of rotatable bonds is 3. The minimum absolute atomic E-state index is 0.206. The number of carboxylic acids is 2. The molecule has 0 radical (unpaired) electrons. The fraction of sp³-hybridized carbons (Fsp3) is 0.667. The van der Waals surface area contributed by atoms with Gasteiger partial charge in [-0.1, -0.05) is 13.2 Å². The molecule has 0 aromatic heterocycles. The molecule has 0 amide bonds. The molecule has 0 aliphatic carbocycles. The van der Waals surface area contributed by atoms with Gasteiger partial charge in [0.1, 0.15) is 0 Å². The molecule has 0 rings (SSSR count). The molecule has 0 aliphatic rings. The molecule has 0 spiro atoms. The van der Waals surface area contributed by atoms with Gasteiger partial charge in [-0.25, -0.2) is 0 Å². The van der Waals surface area contributed by atoms with E-state index in [0.29, 0.717) is 5.02 Å². The molecular formula is C9H20B3O5Rh. The molecule has 18 heavy (non-hydrogen) atoms. The van der Waals surface area contributed by atoms with Crippen LogP contribution in [0.3, 0.4) is 0 Å². The second kappa shape index (κ2) is 25.3. The van der Waals surface area contributed by atoms with Crippen molar-refractivity contribution < 1.29 is 42.9 Å². The summed E-state index contributed by atoms with van der Waals surface area (Å²) in [6.45, 7) is 5.71. The van der Waals surface area contributed by atoms with Crippen LogP contribution in [-0.2, 0) is 32.7 Å². The van der Waals surface area contributed by atoms with E-state index in [0.717, 1.165) is 13.8 Å². The molecule has 0 bridgehead atoms. The zero-order valence-corrected chi connectivity index (χ0v) is 13.3. The first-order chi connectivity index (χ1) is 8.15. The third-order valence-electron chi connectivity index (χ3n) is 0.873. The number of Topliss-reactive ketones (excluding diaryl/α,β-unsaturated/α-hetero) is 1. The van der Waals surface area contributed by atoms with Gasteiger partial charge in [-0.05, 0) is 13.8 Å². The third kappa shape index (κ3) is 273. The number of carboxylic acid groups (broad SMARTS) is 2. The van der Waals surface area contributed by atoms with Gasteiger partial charge in [0.25, 0.3) is 0 Å². The van der Waals surface area contributed by atoms with Crippen LogP contribution in [0.2, 0.25) is 11.3 Å². The second-order valence-corrected chi connectivity index (χ2v) is 3.74. The molecule has 0 N–H and O–H groups in total. The average molecular weight is 344 g/mol. The van der Waals surface area contributed by atoms with E-state index in [1.807, 2.05) is 0 Å². The third-order valence-corrected chi connectivity index (χ3v) is 1.69. The number of aliphatic carboxylic acids is 2. The average Bonchev–Trinajstić information content (AvgIpc) is 2.18. The van der Waals surface area contributed by atoms with Crippen molar-refractivity contribution in [1.82, 2.24) is 0 Å². The van der Waals surface area contributed by atoms with E-state index < -0.39 is 11.9 Å². The van der Waals surface area contributed by atoms with Crippen molar-refractivity contribution in [2.75, 3.05) is 0 Å². The first-order valence-corrected chi connectivity index (χ1v) is 6.68. The Balaban J connectivity index is -0.0000000731. The zero-order chi connectivity index (χ0) is 15.6. The summed E-state index contributed by atoms with van der Waals surface area (Å²) < 4.78 is 0. The van der Waals surface area contributed by atoms with Crippen LogP contribution >= 0.6 is 0 Å². The maximum atomic E-state index is 9.78. The van der Waals surface area contributed by atoms with Gasteiger partial charge in [0.05, 0.1) is 22.0 Å². The van der Waals surface area contributed by atoms with Crippen LogP contribution < -0.4 is 10.2 Å². The predicted molar refractivity (Wildman–Crippen MR) is 70.2 cm³/mol. The van der Waals surface area contributed by atoms with E-state index in [1.54, 1.807) is 6.92 Å². The summed E-state index contributed by atoms with van der Waals surface area (Å²) in [7, 11) is 4.94. The normalized spacial score (nSPS) is 6.72. The number of hydrogen-bond donors (Lipinski definition) is 0. The van der Waals surface area contributed by atoms with Crippen molar-refractivity contribution in [1.29, 1.82) is 0 Å². The van der Waals surface area contributed by atoms with Crippen LogP contribution in [0.1, 0.15) is 27.7 Å². The number of carbonyl (C=O) groups is 3. The van der Waals surface area contributed by atoms with Gasteiger partial charge < -0.3 is 19.8 Å². The minimum atomic E-state index is -1.08. The molecule has 0 aromatic rings. The number of carbonyl (C=O) groups excluding carboxylic acids is 3. The van der Waals surface area contributed by atoms with Gasteiger partial charge in [0, 0.05) is 11.9 Å². The fourth-order valence-corrected chi connectivity index (χ4v) is 0.354. The molecule has 0 heterocycles. The Kier molecular flexibility index (Phi) is 36.7. The van der Waals surface area contributed by atoms with E-state index in [4.69, 9.17) is 19.8 Å². The van der Waals surface area contributed by atoms with Crippen molar-refractivity contribution in [3.05, 3.63) is 0 Å². The Hall–Kier alpha value is -0.572. The van der Waals surface area contributed by atoms with Gasteiger partial charge in [-0.3, -0.25) is 0 Å². The summed E-state index contributed by atoms with van der Waals surface area (Å²) in [5, 5.41) is 18.3. The van der Waals surface area contributed by atoms with Crippen LogP contribution in [0.4, 0.5) is 0 Å². The van der Waals surface area contributed by atoms with Crippen LogP contribution in [0.15, 0.2) is 0 Å². The SMILES string of the molecule is BBBCC.CC(=O)[CH2][Rh+2].CC(=O)[O-].CC(=O)[O-]. The van der Waals surface area contributed by atoms with E-state index >= 15 is 0 Å². The molecule has 0 saturated heterocycles. The van der Waals surface area contributed by atoms with Gasteiger partial charge in [-0.2, -0.15) is 0 Å². The molecule has 9 heteroatoms. The minimum Gasteiger partial charge on any atom is -0.550 e. The Morgan fingerprint density at radius 1 is 1.11 bits per heavy atom. The smallest absolute Gasteiger partial charge is 0.0383 e. The zero-order valence-electron chi connectivity index (χ0n) is 11.7. The van der Waals surface area contributed by atoms with Crippen LogP contribution in [0.25, 0.3) is 0 Å². The maximum Gasteiger partial charge on any atom is 0.0383 e. The molecular weight excluding hydrogens is 323 g/mol. The Morgan fingerprint density at radius 2 is 1.33 bits per heavy atom. The summed E-state index contributed by atoms with van der Waals surface area (Å²) in [5.74, 6) is -1.96. The maximum absolute atomic E-state index is 9.78. The van der Waals surface area contributed by atoms with E-state index in [1.165, 1.54) is 20.6 Å². The van der Waals surface area contributed by atoms with Crippen molar-refractivity contribution in [3.63, 3.8) is 0 Å². The topological polar surface area (TPSA) is 97.3 Å². The number of hydrogen-bond acceptors (Lipinski definition) is 5. The van der Waals surface area contributed by atoms with Crippen LogP contribution in [0.5, 0.6) is 0 Å². The molecule has 0 fully saturated rings. The van der Waals surface area contributed by atoms with Crippen molar-refractivity contribution in [2.24, 2.45) is 0 Å². The monoisotopic (exact) mass is 344 g/mol. The fourth-order valence-electron chi connectivity index (χ4n) is 0.354. The first-order valence-electron chi connectivity index (χ1n) is 5.52. The van der Waals surface area contributed by atoms with Gasteiger partial charge >= 0.3 is 40.8 Å². The summed E-state index contributed by atoms with van der Waals surface area (Å²) in [5.41, 5.74) is 0. The molecule has 0 saturated carbocycles.